The Morgan fingerprint density at radius 2 is 1.88 bits per heavy atom. The highest BCUT2D eigenvalue weighted by atomic mass is 32.1. The molecule has 4 nitrogen and oxygen atoms in total. The van der Waals surface area contributed by atoms with E-state index in [9.17, 15) is 10.1 Å². The summed E-state index contributed by atoms with van der Waals surface area (Å²) in [5, 5.41) is 21.8. The van der Waals surface area contributed by atoms with Crippen LogP contribution in [-0.4, -0.2) is 35.6 Å². The summed E-state index contributed by atoms with van der Waals surface area (Å²) >= 11 is 1.35. The van der Waals surface area contributed by atoms with Crippen LogP contribution in [0.15, 0.2) is 11.4 Å². The van der Waals surface area contributed by atoms with Crippen molar-refractivity contribution in [1.82, 2.24) is 0 Å². The van der Waals surface area contributed by atoms with Gasteiger partial charge in [-0.15, -0.1) is 11.3 Å². The van der Waals surface area contributed by atoms with Crippen LogP contribution in [0, 0.1) is 0 Å². The molecular weight excluding hydrogens is 239 g/mol. The van der Waals surface area contributed by atoms with Crippen LogP contribution in [0.5, 0.6) is 5.75 Å². The molecule has 1 aromatic rings. The lowest BCUT2D eigenvalue weighted by molar-refractivity contribution is -0.0982. The van der Waals surface area contributed by atoms with Gasteiger partial charge in [0.2, 0.25) is 0 Å². The largest absolute Gasteiger partial charge is 0.506 e. The van der Waals surface area contributed by atoms with Crippen molar-refractivity contribution in [3.05, 3.63) is 11.4 Å². The second kappa shape index (κ2) is 4.98. The monoisotopic (exact) mass is 258 g/mol. The van der Waals surface area contributed by atoms with Crippen LogP contribution in [0.2, 0.25) is 0 Å². The third kappa shape index (κ3) is 3.22. The Bertz CT molecular complexity index is 370. The molecule has 0 saturated heterocycles. The highest BCUT2D eigenvalue weighted by Gasteiger charge is 2.40. The van der Waals surface area contributed by atoms with Crippen molar-refractivity contribution >= 4 is 23.2 Å². The zero-order valence-corrected chi connectivity index (χ0v) is 11.7. The van der Waals surface area contributed by atoms with Gasteiger partial charge in [0.15, 0.2) is 0 Å². The van der Waals surface area contributed by atoms with E-state index >= 15 is 0 Å². The summed E-state index contributed by atoms with van der Waals surface area (Å²) in [5.41, 5.74) is -1.93. The summed E-state index contributed by atoms with van der Waals surface area (Å²) in [4.78, 5) is 0. The van der Waals surface area contributed by atoms with E-state index in [0.717, 1.165) is 0 Å². The van der Waals surface area contributed by atoms with E-state index in [2.05, 4.69) is 0 Å². The zero-order chi connectivity index (χ0) is 13.3. The number of thiophene rings is 1. The molecule has 2 N–H and O–H groups in total. The average Bonchev–Trinajstić information content (AvgIpc) is 2.62. The average molecular weight is 258 g/mol. The van der Waals surface area contributed by atoms with Crippen molar-refractivity contribution in [2.45, 2.75) is 38.9 Å². The van der Waals surface area contributed by atoms with Crippen LogP contribution >= 0.6 is 11.3 Å². The molecule has 0 unspecified atom stereocenters. The van der Waals surface area contributed by atoms with Crippen molar-refractivity contribution in [3.63, 3.8) is 0 Å². The molecule has 17 heavy (non-hydrogen) atoms. The second-order valence-corrected chi connectivity index (χ2v) is 5.84. The molecule has 0 radical (unpaired) electrons. The molecule has 0 aliphatic heterocycles. The Morgan fingerprint density at radius 1 is 1.29 bits per heavy atom. The molecular formula is C11H19BO4S. The minimum Gasteiger partial charge on any atom is -0.496 e. The van der Waals surface area contributed by atoms with Crippen LogP contribution in [-0.2, 0) is 4.65 Å². The maximum Gasteiger partial charge on any atom is 0.506 e. The molecule has 0 saturated carbocycles. The molecule has 0 aliphatic rings. The molecule has 0 bridgehead atoms. The van der Waals surface area contributed by atoms with E-state index in [1.54, 1.807) is 40.9 Å². The molecule has 1 rings (SSSR count). The zero-order valence-electron chi connectivity index (χ0n) is 10.9. The first-order valence-electron chi connectivity index (χ1n) is 5.38. The lowest BCUT2D eigenvalue weighted by Gasteiger charge is -2.38. The fourth-order valence-electron chi connectivity index (χ4n) is 1.13. The predicted molar refractivity (Wildman–Crippen MR) is 69.9 cm³/mol. The summed E-state index contributed by atoms with van der Waals surface area (Å²) in [5.74, 6) is 0.592. The molecule has 6 heteroatoms. The summed E-state index contributed by atoms with van der Waals surface area (Å²) in [7, 11) is 0.436. The van der Waals surface area contributed by atoms with Gasteiger partial charge < -0.3 is 19.5 Å². The van der Waals surface area contributed by atoms with E-state index < -0.39 is 18.3 Å². The van der Waals surface area contributed by atoms with Gasteiger partial charge in [-0.05, 0) is 39.1 Å². The number of aliphatic hydroxyl groups is 1. The van der Waals surface area contributed by atoms with Crippen LogP contribution in [0.1, 0.15) is 27.7 Å². The topological polar surface area (TPSA) is 58.9 Å². The SMILES string of the molecule is COc1ccsc1B(O)OC(C)(C)C(C)(C)O. The number of ether oxygens (including phenoxy) is 1. The van der Waals surface area contributed by atoms with Crippen molar-refractivity contribution in [2.75, 3.05) is 7.11 Å². The Labute approximate surface area is 106 Å². The summed E-state index contributed by atoms with van der Waals surface area (Å²) in [6, 6.07) is 1.77. The quantitative estimate of drug-likeness (QED) is 0.774. The first-order chi connectivity index (χ1) is 7.69. The normalized spacial score (nSPS) is 12.6. The highest BCUT2D eigenvalue weighted by Crippen LogP contribution is 2.26. The summed E-state index contributed by atoms with van der Waals surface area (Å²) < 4.78 is 11.2. The maximum absolute atomic E-state index is 10.0. The first-order valence-corrected chi connectivity index (χ1v) is 6.26. The molecule has 0 aliphatic carbocycles. The number of hydrogen-bond acceptors (Lipinski definition) is 5. The Kier molecular flexibility index (Phi) is 4.25. The molecule has 0 amide bonds. The van der Waals surface area contributed by atoms with Crippen molar-refractivity contribution < 1.29 is 19.5 Å². The van der Waals surface area contributed by atoms with Crippen molar-refractivity contribution in [2.24, 2.45) is 0 Å². The van der Waals surface area contributed by atoms with Crippen LogP contribution < -0.4 is 9.51 Å². The number of methoxy groups -OCH3 is 1. The van der Waals surface area contributed by atoms with Crippen LogP contribution in [0.4, 0.5) is 0 Å². The van der Waals surface area contributed by atoms with Gasteiger partial charge in [-0.2, -0.15) is 0 Å². The van der Waals surface area contributed by atoms with Gasteiger partial charge in [-0.3, -0.25) is 0 Å². The third-order valence-corrected chi connectivity index (χ3v) is 3.91. The van der Waals surface area contributed by atoms with Crippen molar-refractivity contribution in [3.8, 4) is 5.75 Å². The maximum atomic E-state index is 10.0. The first kappa shape index (κ1) is 14.5. The molecule has 0 fully saturated rings. The van der Waals surface area contributed by atoms with Gasteiger partial charge in [0, 0.05) is 0 Å². The van der Waals surface area contributed by atoms with E-state index in [4.69, 9.17) is 9.39 Å². The van der Waals surface area contributed by atoms with Gasteiger partial charge >= 0.3 is 7.12 Å². The summed E-state index contributed by atoms with van der Waals surface area (Å²) in [6.07, 6.45) is 0. The Morgan fingerprint density at radius 3 is 2.35 bits per heavy atom. The van der Waals surface area contributed by atoms with E-state index in [0.29, 0.717) is 10.5 Å². The van der Waals surface area contributed by atoms with Gasteiger partial charge in [-0.1, -0.05) is 0 Å². The second-order valence-electron chi connectivity index (χ2n) is 4.89. The van der Waals surface area contributed by atoms with Gasteiger partial charge in [-0.25, -0.2) is 0 Å². The van der Waals surface area contributed by atoms with Crippen LogP contribution in [0.25, 0.3) is 0 Å². The summed E-state index contributed by atoms with van der Waals surface area (Å²) in [6.45, 7) is 6.75. The lowest BCUT2D eigenvalue weighted by atomic mass is 9.81. The van der Waals surface area contributed by atoms with Crippen LogP contribution in [0.3, 0.4) is 0 Å². The predicted octanol–water partition coefficient (Wildman–Crippen LogP) is 1.01. The lowest BCUT2D eigenvalue weighted by Crippen LogP contribution is -2.52. The third-order valence-electron chi connectivity index (χ3n) is 2.98. The Hall–Kier alpha value is -0.555. The van der Waals surface area contributed by atoms with Gasteiger partial charge in [0.1, 0.15) is 5.75 Å². The minimum atomic E-state index is -1.11. The molecule has 0 aromatic carbocycles. The van der Waals surface area contributed by atoms with Crippen molar-refractivity contribution in [1.29, 1.82) is 0 Å². The molecule has 1 heterocycles. The smallest absolute Gasteiger partial charge is 0.496 e. The number of hydrogen-bond donors (Lipinski definition) is 2. The fourth-order valence-corrected chi connectivity index (χ4v) is 1.90. The van der Waals surface area contributed by atoms with Gasteiger partial charge in [0.05, 0.1) is 23.1 Å². The molecule has 1 aromatic heterocycles. The highest BCUT2D eigenvalue weighted by molar-refractivity contribution is 7.21. The van der Waals surface area contributed by atoms with E-state index in [1.165, 1.54) is 11.3 Å². The standard InChI is InChI=1S/C11H19BO4S/c1-10(2,13)11(3,4)16-12(14)9-8(15-5)6-7-17-9/h6-7,13-14H,1-5H3. The van der Waals surface area contributed by atoms with Gasteiger partial charge in [0.25, 0.3) is 0 Å². The molecule has 96 valence electrons. The molecule has 0 atom stereocenters. The minimum absolute atomic E-state index is 0.592. The molecule has 0 spiro atoms. The fraction of sp³-hybridized carbons (Fsp3) is 0.636. The number of rotatable bonds is 5. The van der Waals surface area contributed by atoms with E-state index in [1.807, 2.05) is 5.38 Å². The van der Waals surface area contributed by atoms with E-state index in [-0.39, 0.29) is 0 Å². The Balaban J connectivity index is 2.83.